The molecule has 0 saturated carbocycles. The highest BCUT2D eigenvalue weighted by Crippen LogP contribution is 2.17. The minimum atomic E-state index is -0.682. The topological polar surface area (TPSA) is 34.0 Å². The standard InChI is InChI=1S/C17H12F2N2O/c18-13-5-8-15(19)16(11-13)20-17(22)12-3-6-14(7-4-12)21-9-1-2-10-21/h1-11H,(H,20,22). The van der Waals surface area contributed by atoms with E-state index in [2.05, 4.69) is 5.32 Å². The largest absolute Gasteiger partial charge is 0.324 e. The molecule has 0 fully saturated rings. The number of nitrogens with zero attached hydrogens (tertiary/aromatic N) is 1. The number of benzene rings is 2. The van der Waals surface area contributed by atoms with Gasteiger partial charge in [-0.15, -0.1) is 0 Å². The molecule has 0 radical (unpaired) electrons. The molecule has 3 rings (SSSR count). The van der Waals surface area contributed by atoms with Gasteiger partial charge in [0.25, 0.3) is 5.91 Å². The van der Waals surface area contributed by atoms with Gasteiger partial charge >= 0.3 is 0 Å². The van der Waals surface area contributed by atoms with Gasteiger partial charge in [0, 0.05) is 29.7 Å². The molecule has 3 nitrogen and oxygen atoms in total. The number of hydrogen-bond acceptors (Lipinski definition) is 1. The average Bonchev–Trinajstić information content (AvgIpc) is 3.05. The molecule has 1 amide bonds. The molecule has 0 spiro atoms. The minimum Gasteiger partial charge on any atom is -0.324 e. The lowest BCUT2D eigenvalue weighted by Gasteiger charge is -2.08. The van der Waals surface area contributed by atoms with Crippen LogP contribution in [0.2, 0.25) is 0 Å². The van der Waals surface area contributed by atoms with E-state index >= 15 is 0 Å². The first-order valence-electron chi connectivity index (χ1n) is 6.63. The molecule has 0 bridgehead atoms. The van der Waals surface area contributed by atoms with Gasteiger partial charge in [-0.1, -0.05) is 0 Å². The number of rotatable bonds is 3. The van der Waals surface area contributed by atoms with E-state index in [1.807, 2.05) is 29.1 Å². The van der Waals surface area contributed by atoms with Gasteiger partial charge in [-0.25, -0.2) is 8.78 Å². The second-order valence-electron chi connectivity index (χ2n) is 4.72. The first-order chi connectivity index (χ1) is 10.6. The molecule has 1 heterocycles. The summed E-state index contributed by atoms with van der Waals surface area (Å²) in [6.07, 6.45) is 3.77. The fraction of sp³-hybridized carbons (Fsp3) is 0. The van der Waals surface area contributed by atoms with E-state index < -0.39 is 17.5 Å². The van der Waals surface area contributed by atoms with Gasteiger partial charge in [0.05, 0.1) is 5.69 Å². The fourth-order valence-corrected chi connectivity index (χ4v) is 2.08. The molecule has 22 heavy (non-hydrogen) atoms. The molecule has 0 atom stereocenters. The average molecular weight is 298 g/mol. The number of halogens is 2. The molecule has 1 aromatic heterocycles. The first kappa shape index (κ1) is 14.0. The lowest BCUT2D eigenvalue weighted by molar-refractivity contribution is 0.102. The summed E-state index contributed by atoms with van der Waals surface area (Å²) in [7, 11) is 0. The maximum atomic E-state index is 13.5. The van der Waals surface area contributed by atoms with Crippen LogP contribution in [0.4, 0.5) is 14.5 Å². The zero-order valence-corrected chi connectivity index (χ0v) is 11.5. The lowest BCUT2D eigenvalue weighted by atomic mass is 10.2. The van der Waals surface area contributed by atoms with Crippen molar-refractivity contribution in [3.05, 3.63) is 84.2 Å². The number of hydrogen-bond donors (Lipinski definition) is 1. The molecule has 110 valence electrons. The molecule has 5 heteroatoms. The monoisotopic (exact) mass is 298 g/mol. The van der Waals surface area contributed by atoms with Crippen molar-refractivity contribution in [2.75, 3.05) is 5.32 Å². The summed E-state index contributed by atoms with van der Waals surface area (Å²) in [4.78, 5) is 12.1. The van der Waals surface area contributed by atoms with Crippen LogP contribution in [-0.4, -0.2) is 10.5 Å². The van der Waals surface area contributed by atoms with Crippen LogP contribution >= 0.6 is 0 Å². The van der Waals surface area contributed by atoms with Crippen LogP contribution in [0.1, 0.15) is 10.4 Å². The van der Waals surface area contributed by atoms with E-state index in [1.165, 1.54) is 0 Å². The van der Waals surface area contributed by atoms with E-state index in [1.54, 1.807) is 24.3 Å². The summed E-state index contributed by atoms with van der Waals surface area (Å²) >= 11 is 0. The van der Waals surface area contributed by atoms with Gasteiger partial charge in [0.15, 0.2) is 0 Å². The second kappa shape index (κ2) is 5.81. The van der Waals surface area contributed by atoms with Crippen LogP contribution in [0.5, 0.6) is 0 Å². The Morgan fingerprint density at radius 3 is 2.32 bits per heavy atom. The van der Waals surface area contributed by atoms with Crippen molar-refractivity contribution >= 4 is 11.6 Å². The van der Waals surface area contributed by atoms with Crippen LogP contribution < -0.4 is 5.32 Å². The number of amides is 1. The molecule has 0 aliphatic heterocycles. The third-order valence-corrected chi connectivity index (χ3v) is 3.21. The zero-order valence-electron chi connectivity index (χ0n) is 11.5. The minimum absolute atomic E-state index is 0.181. The Kier molecular flexibility index (Phi) is 3.70. The highest BCUT2D eigenvalue weighted by Gasteiger charge is 2.10. The van der Waals surface area contributed by atoms with Crippen molar-refractivity contribution in [1.82, 2.24) is 4.57 Å². The summed E-state index contributed by atoms with van der Waals surface area (Å²) in [6.45, 7) is 0. The number of carbonyl (C=O) groups is 1. The highest BCUT2D eigenvalue weighted by atomic mass is 19.1. The Hall–Kier alpha value is -2.95. The third kappa shape index (κ3) is 2.88. The molecule has 1 N–H and O–H groups in total. The van der Waals surface area contributed by atoms with Crippen LogP contribution in [-0.2, 0) is 0 Å². The molecule has 3 aromatic rings. The number of carbonyl (C=O) groups excluding carboxylic acids is 1. The van der Waals surface area contributed by atoms with Crippen LogP contribution in [0.3, 0.4) is 0 Å². The SMILES string of the molecule is O=C(Nc1cc(F)ccc1F)c1ccc(-n2cccc2)cc1. The van der Waals surface area contributed by atoms with Gasteiger partial charge < -0.3 is 9.88 Å². The third-order valence-electron chi connectivity index (χ3n) is 3.21. The van der Waals surface area contributed by atoms with E-state index in [-0.39, 0.29) is 5.69 Å². The molecule has 0 unspecified atom stereocenters. The van der Waals surface area contributed by atoms with E-state index in [9.17, 15) is 13.6 Å². The predicted octanol–water partition coefficient (Wildman–Crippen LogP) is 4.01. The summed E-state index contributed by atoms with van der Waals surface area (Å²) in [6, 6.07) is 13.5. The van der Waals surface area contributed by atoms with Gasteiger partial charge in [-0.2, -0.15) is 0 Å². The van der Waals surface area contributed by atoms with Crippen molar-refractivity contribution in [3.63, 3.8) is 0 Å². The van der Waals surface area contributed by atoms with Crippen molar-refractivity contribution in [2.24, 2.45) is 0 Å². The molecular formula is C17H12F2N2O. The number of aromatic nitrogens is 1. The zero-order chi connectivity index (χ0) is 15.5. The molecule has 0 aliphatic rings. The predicted molar refractivity (Wildman–Crippen MR) is 80.1 cm³/mol. The Morgan fingerprint density at radius 2 is 1.64 bits per heavy atom. The normalized spacial score (nSPS) is 10.5. The Labute approximate surface area is 125 Å². The molecule has 0 saturated heterocycles. The van der Waals surface area contributed by atoms with E-state index in [0.717, 1.165) is 23.9 Å². The van der Waals surface area contributed by atoms with Crippen LogP contribution in [0.15, 0.2) is 67.0 Å². The first-order valence-corrected chi connectivity index (χ1v) is 6.63. The van der Waals surface area contributed by atoms with Crippen molar-refractivity contribution < 1.29 is 13.6 Å². The second-order valence-corrected chi connectivity index (χ2v) is 4.72. The maximum absolute atomic E-state index is 13.5. The van der Waals surface area contributed by atoms with Gasteiger partial charge in [0.2, 0.25) is 0 Å². The summed E-state index contributed by atoms with van der Waals surface area (Å²) < 4.78 is 28.5. The Morgan fingerprint density at radius 1 is 0.955 bits per heavy atom. The molecule has 0 aliphatic carbocycles. The number of anilines is 1. The molecule has 2 aromatic carbocycles. The summed E-state index contributed by atoms with van der Waals surface area (Å²) in [5.74, 6) is -1.79. The van der Waals surface area contributed by atoms with Crippen LogP contribution in [0, 0.1) is 11.6 Å². The van der Waals surface area contributed by atoms with Crippen LogP contribution in [0.25, 0.3) is 5.69 Å². The maximum Gasteiger partial charge on any atom is 0.255 e. The van der Waals surface area contributed by atoms with Gasteiger partial charge in [-0.3, -0.25) is 4.79 Å². The van der Waals surface area contributed by atoms with Gasteiger partial charge in [0.1, 0.15) is 11.6 Å². The summed E-state index contributed by atoms with van der Waals surface area (Å²) in [5.41, 5.74) is 1.08. The van der Waals surface area contributed by atoms with Crippen molar-refractivity contribution in [3.8, 4) is 5.69 Å². The highest BCUT2D eigenvalue weighted by molar-refractivity contribution is 6.04. The van der Waals surface area contributed by atoms with E-state index in [4.69, 9.17) is 0 Å². The fourth-order valence-electron chi connectivity index (χ4n) is 2.08. The Balaban J connectivity index is 1.79. The van der Waals surface area contributed by atoms with Crippen molar-refractivity contribution in [2.45, 2.75) is 0 Å². The lowest BCUT2D eigenvalue weighted by Crippen LogP contribution is -2.13. The smallest absolute Gasteiger partial charge is 0.255 e. The van der Waals surface area contributed by atoms with Gasteiger partial charge in [-0.05, 0) is 48.5 Å². The quantitative estimate of drug-likeness (QED) is 0.779. The Bertz CT molecular complexity index is 796. The molecular weight excluding hydrogens is 286 g/mol. The van der Waals surface area contributed by atoms with Crippen molar-refractivity contribution in [1.29, 1.82) is 0 Å². The summed E-state index contributed by atoms with van der Waals surface area (Å²) in [5, 5.41) is 2.36. The number of nitrogens with one attached hydrogen (secondary N) is 1. The van der Waals surface area contributed by atoms with E-state index in [0.29, 0.717) is 5.56 Å².